The molecule has 6 nitrogen and oxygen atoms in total. The zero-order valence-corrected chi connectivity index (χ0v) is 36.5. The Morgan fingerprint density at radius 2 is 1.04 bits per heavy atom. The van der Waals surface area contributed by atoms with E-state index in [2.05, 4.69) is 96.9 Å². The van der Waals surface area contributed by atoms with Crippen LogP contribution in [0.15, 0.2) is 0 Å². The van der Waals surface area contributed by atoms with Crippen molar-refractivity contribution in [2.75, 3.05) is 13.2 Å². The molecule has 0 amide bonds. The molecule has 0 aromatic carbocycles. The molecule has 11 atom stereocenters. The maximum Gasteiger partial charge on any atom is 0.192 e. The molecule has 2 rings (SSSR count). The van der Waals surface area contributed by atoms with Gasteiger partial charge in [0.2, 0.25) is 0 Å². The summed E-state index contributed by atoms with van der Waals surface area (Å²) in [6.45, 7) is 33.8. The molecule has 9 heteroatoms. The second-order valence-corrected chi connectivity index (χ2v) is 30.0. The molecule has 0 aromatic heterocycles. The van der Waals surface area contributed by atoms with Crippen LogP contribution in [-0.2, 0) is 22.8 Å². The van der Waals surface area contributed by atoms with Gasteiger partial charge in [-0.15, -0.1) is 0 Å². The summed E-state index contributed by atoms with van der Waals surface area (Å²) in [5.74, 6) is 1.45. The van der Waals surface area contributed by atoms with E-state index in [1.54, 1.807) is 0 Å². The highest BCUT2D eigenvalue weighted by Gasteiger charge is 2.52. The van der Waals surface area contributed by atoms with E-state index in [0.29, 0.717) is 11.8 Å². The molecule has 280 valence electrons. The second kappa shape index (κ2) is 19.9. The van der Waals surface area contributed by atoms with Crippen molar-refractivity contribution in [3.05, 3.63) is 0 Å². The quantitative estimate of drug-likeness (QED) is 0.0792. The van der Waals surface area contributed by atoms with Crippen molar-refractivity contribution in [3.8, 4) is 0 Å². The van der Waals surface area contributed by atoms with Gasteiger partial charge in [0.15, 0.2) is 25.0 Å². The molecular weight excluding hydrogens is 637 g/mol. The first kappa shape index (κ1) is 43.6. The number of hydrogen-bond acceptors (Lipinski definition) is 6. The van der Waals surface area contributed by atoms with Crippen LogP contribution in [-0.4, -0.2) is 79.9 Å². The number of hydrogen-bond donors (Lipinski definition) is 1. The van der Waals surface area contributed by atoms with Gasteiger partial charge in [-0.2, -0.15) is 0 Å². The maximum absolute atomic E-state index is 9.96. The summed E-state index contributed by atoms with van der Waals surface area (Å²) >= 11 is 0. The predicted octanol–water partition coefficient (Wildman–Crippen LogP) is 10.3. The highest BCUT2D eigenvalue weighted by molar-refractivity contribution is 6.74. The van der Waals surface area contributed by atoms with Crippen molar-refractivity contribution < 1.29 is 27.9 Å². The van der Waals surface area contributed by atoms with Crippen LogP contribution in [0.2, 0.25) is 54.4 Å². The molecule has 0 aromatic rings. The molecule has 0 radical (unpaired) electrons. The number of epoxide rings is 1. The third kappa shape index (κ3) is 10.7. The smallest absolute Gasteiger partial charge is 0.192 e. The van der Waals surface area contributed by atoms with E-state index in [4.69, 9.17) is 22.8 Å². The first-order chi connectivity index (χ1) is 22.3. The van der Waals surface area contributed by atoms with Gasteiger partial charge >= 0.3 is 0 Å². The fraction of sp³-hybridized carbons (Fsp3) is 1.00. The monoisotopic (exact) mass is 717 g/mol. The summed E-state index contributed by atoms with van der Waals surface area (Å²) in [7, 11) is -5.54. The van der Waals surface area contributed by atoms with Crippen molar-refractivity contribution in [1.82, 2.24) is 0 Å². The normalized spacial score (nSPS) is 28.0. The molecule has 2 aliphatic rings. The standard InChI is InChI=1S/C38H80O6Si3/c1-15-45(16-2,17-3)40-27-29(11)33-25-24-28(10)35(41-33)30(12)36(43-46(18-4,19-5)20-6)31(13)37(32(14)38-34(26-39)42-38)44-47(21-7,22-8)23-9/h28-39H,15-27H2,1-14H3/t28-,29+,30+,31+,32+,33-,34+,35-,36+,37+,38-/m0/s1. The third-order valence-electron chi connectivity index (χ3n) is 13.6. The van der Waals surface area contributed by atoms with E-state index in [1.807, 2.05) is 0 Å². The topological polar surface area (TPSA) is 69.7 Å². The molecule has 2 fully saturated rings. The summed E-state index contributed by atoms with van der Waals surface area (Å²) in [6, 6.07) is 10.3. The van der Waals surface area contributed by atoms with E-state index < -0.39 is 25.0 Å². The summed E-state index contributed by atoms with van der Waals surface area (Å²) in [5.41, 5.74) is 0. The minimum Gasteiger partial charge on any atom is -0.416 e. The minimum absolute atomic E-state index is 0.0185. The van der Waals surface area contributed by atoms with Crippen LogP contribution in [0, 0.1) is 29.6 Å². The molecule has 0 spiro atoms. The average Bonchev–Trinajstić information content (AvgIpc) is 3.90. The van der Waals surface area contributed by atoms with Gasteiger partial charge in [-0.1, -0.05) is 96.9 Å². The minimum atomic E-state index is -1.96. The highest BCUT2D eigenvalue weighted by atomic mass is 28.4. The van der Waals surface area contributed by atoms with Crippen LogP contribution < -0.4 is 0 Å². The van der Waals surface area contributed by atoms with E-state index in [-0.39, 0.29) is 61.0 Å². The third-order valence-corrected chi connectivity index (χ3v) is 27.5. The number of aliphatic hydroxyl groups excluding tert-OH is 1. The van der Waals surface area contributed by atoms with Crippen molar-refractivity contribution in [1.29, 1.82) is 0 Å². The summed E-state index contributed by atoms with van der Waals surface area (Å²) < 4.78 is 35.2. The van der Waals surface area contributed by atoms with Gasteiger partial charge in [0.1, 0.15) is 6.10 Å². The second-order valence-electron chi connectivity index (χ2n) is 15.8. The maximum atomic E-state index is 9.96. The van der Waals surface area contributed by atoms with Gasteiger partial charge in [0, 0.05) is 30.3 Å². The number of rotatable bonds is 24. The van der Waals surface area contributed by atoms with Crippen molar-refractivity contribution in [3.63, 3.8) is 0 Å². The van der Waals surface area contributed by atoms with Crippen LogP contribution in [0.3, 0.4) is 0 Å². The Morgan fingerprint density at radius 1 is 0.617 bits per heavy atom. The summed E-state index contributed by atoms with van der Waals surface area (Å²) in [4.78, 5) is 0. The molecule has 0 saturated carbocycles. The van der Waals surface area contributed by atoms with Gasteiger partial charge in [0.05, 0.1) is 37.1 Å². The van der Waals surface area contributed by atoms with Gasteiger partial charge in [-0.25, -0.2) is 0 Å². The fourth-order valence-corrected chi connectivity index (χ4v) is 17.6. The van der Waals surface area contributed by atoms with Gasteiger partial charge in [-0.05, 0) is 73.2 Å². The van der Waals surface area contributed by atoms with Crippen molar-refractivity contribution in [2.45, 2.75) is 201 Å². The zero-order valence-electron chi connectivity index (χ0n) is 33.5. The number of aliphatic hydroxyl groups is 1. The van der Waals surface area contributed by atoms with Crippen LogP contribution >= 0.6 is 0 Å². The molecule has 2 heterocycles. The Kier molecular flexibility index (Phi) is 18.4. The zero-order chi connectivity index (χ0) is 35.6. The fourth-order valence-electron chi connectivity index (χ4n) is 8.82. The molecule has 1 N–H and O–H groups in total. The molecule has 2 saturated heterocycles. The van der Waals surface area contributed by atoms with Crippen LogP contribution in [0.25, 0.3) is 0 Å². The largest absolute Gasteiger partial charge is 0.416 e. The van der Waals surface area contributed by atoms with Crippen LogP contribution in [0.1, 0.15) is 110 Å². The lowest BCUT2D eigenvalue weighted by Gasteiger charge is -2.49. The van der Waals surface area contributed by atoms with Gasteiger partial charge in [-0.3, -0.25) is 0 Å². The highest BCUT2D eigenvalue weighted by Crippen LogP contribution is 2.43. The Hall–Kier alpha value is 0.411. The van der Waals surface area contributed by atoms with Crippen molar-refractivity contribution >= 4 is 25.0 Å². The summed E-state index contributed by atoms with van der Waals surface area (Å²) in [6.07, 6.45) is 2.67. The first-order valence-electron chi connectivity index (χ1n) is 20.2. The molecular formula is C38H80O6Si3. The van der Waals surface area contributed by atoms with E-state index in [0.717, 1.165) is 49.3 Å². The molecule has 0 aliphatic carbocycles. The molecule has 0 bridgehead atoms. The molecule has 47 heavy (non-hydrogen) atoms. The Bertz CT molecular complexity index is 842. The van der Waals surface area contributed by atoms with E-state index in [1.165, 1.54) is 24.6 Å². The lowest BCUT2D eigenvalue weighted by molar-refractivity contribution is -0.151. The Morgan fingerprint density at radius 3 is 1.43 bits per heavy atom. The van der Waals surface area contributed by atoms with Crippen molar-refractivity contribution in [2.24, 2.45) is 29.6 Å². The SMILES string of the molecule is CC[Si](CC)(CC)OC[C@@H](C)[C@@H]1CC[C@H](C)[C@@H]([C@@H](C)[C@@H](O[Si](CC)(CC)CC)[C@@H](C)[C@@H](O[Si](CC)(CC)CC)[C@@H](C)[C@@H]2O[C@@H]2CO)O1. The summed E-state index contributed by atoms with van der Waals surface area (Å²) in [5, 5.41) is 9.96. The van der Waals surface area contributed by atoms with E-state index in [9.17, 15) is 5.11 Å². The first-order valence-corrected chi connectivity index (χ1v) is 27.8. The van der Waals surface area contributed by atoms with Gasteiger partial charge < -0.3 is 27.9 Å². The van der Waals surface area contributed by atoms with Crippen LogP contribution in [0.5, 0.6) is 0 Å². The molecule has 0 unspecified atom stereocenters. The predicted molar refractivity (Wildman–Crippen MR) is 207 cm³/mol. The average molecular weight is 717 g/mol. The van der Waals surface area contributed by atoms with Gasteiger partial charge in [0.25, 0.3) is 0 Å². The number of ether oxygens (including phenoxy) is 2. The molecule has 2 aliphatic heterocycles. The lowest BCUT2D eigenvalue weighted by atomic mass is 9.76. The van der Waals surface area contributed by atoms with Crippen LogP contribution in [0.4, 0.5) is 0 Å². The van der Waals surface area contributed by atoms with E-state index >= 15 is 0 Å². The Labute approximate surface area is 295 Å². The Balaban J connectivity index is 2.48. The lowest BCUT2D eigenvalue weighted by Crippen LogP contribution is -2.55.